The highest BCUT2D eigenvalue weighted by Crippen LogP contribution is 2.24. The normalized spacial score (nSPS) is 14.2. The van der Waals surface area contributed by atoms with E-state index in [0.29, 0.717) is 10.7 Å². The van der Waals surface area contributed by atoms with E-state index in [1.54, 1.807) is 12.4 Å². The number of rotatable bonds is 1. The van der Waals surface area contributed by atoms with Crippen molar-refractivity contribution in [3.8, 4) is 11.4 Å². The van der Waals surface area contributed by atoms with Gasteiger partial charge in [0, 0.05) is 41.5 Å². The highest BCUT2D eigenvalue weighted by Gasteiger charge is 2.07. The fourth-order valence-electron chi connectivity index (χ4n) is 2.73. The predicted octanol–water partition coefficient (Wildman–Crippen LogP) is 3.43. The highest BCUT2D eigenvalue weighted by atomic mass is 35.5. The average molecular weight is 368 g/mol. The number of benzene rings is 1. The van der Waals surface area contributed by atoms with E-state index >= 15 is 0 Å². The maximum Gasteiger partial charge on any atom is 0.178 e. The lowest BCUT2D eigenvalue weighted by Crippen LogP contribution is -2.30. The molecule has 0 unspecified atom stereocenters. The van der Waals surface area contributed by atoms with Crippen LogP contribution in [0.25, 0.3) is 33.5 Å². The van der Waals surface area contributed by atoms with Gasteiger partial charge in [-0.25, -0.2) is 9.97 Å². The Balaban J connectivity index is 0.000000240. The topological polar surface area (TPSA) is 75.7 Å². The Kier molecular flexibility index (Phi) is 5.06. The lowest BCUT2D eigenvalue weighted by atomic mass is 10.1. The second kappa shape index (κ2) is 7.78. The van der Waals surface area contributed by atoms with E-state index in [1.807, 2.05) is 36.4 Å². The lowest BCUT2D eigenvalue weighted by molar-refractivity contribution is 0.109. The first kappa shape index (κ1) is 16.9. The number of halogens is 1. The summed E-state index contributed by atoms with van der Waals surface area (Å²) < 4.78 is 5.01. The van der Waals surface area contributed by atoms with E-state index < -0.39 is 0 Å². The summed E-state index contributed by atoms with van der Waals surface area (Å²) >= 11 is 6.02. The van der Waals surface area contributed by atoms with Gasteiger partial charge in [-0.2, -0.15) is 0 Å². The summed E-state index contributed by atoms with van der Waals surface area (Å²) in [5, 5.41) is 4.85. The SMILES string of the molecule is C1COCCN1.Clc1ccc2ncc(-c3nc4ncccc4[nH]3)cc2c1. The van der Waals surface area contributed by atoms with Gasteiger partial charge in [0.1, 0.15) is 5.82 Å². The van der Waals surface area contributed by atoms with Gasteiger partial charge in [-0.3, -0.25) is 4.98 Å². The summed E-state index contributed by atoms with van der Waals surface area (Å²) in [6, 6.07) is 11.5. The molecule has 1 fully saturated rings. The Hall–Kier alpha value is -2.54. The maximum absolute atomic E-state index is 6.02. The Morgan fingerprint density at radius 2 is 1.92 bits per heavy atom. The van der Waals surface area contributed by atoms with Gasteiger partial charge < -0.3 is 15.0 Å². The molecule has 0 saturated carbocycles. The average Bonchev–Trinajstić information content (AvgIpc) is 3.13. The zero-order valence-electron chi connectivity index (χ0n) is 14.1. The van der Waals surface area contributed by atoms with Gasteiger partial charge in [-0.15, -0.1) is 0 Å². The van der Waals surface area contributed by atoms with Gasteiger partial charge in [0.05, 0.1) is 24.2 Å². The molecule has 0 spiro atoms. The van der Waals surface area contributed by atoms with Gasteiger partial charge in [0.2, 0.25) is 0 Å². The Morgan fingerprint density at radius 1 is 1.04 bits per heavy atom. The number of ether oxygens (including phenoxy) is 1. The van der Waals surface area contributed by atoms with Crippen LogP contribution >= 0.6 is 11.6 Å². The van der Waals surface area contributed by atoms with Crippen LogP contribution in [0.3, 0.4) is 0 Å². The molecule has 5 rings (SSSR count). The number of H-pyrrole nitrogens is 1. The quantitative estimate of drug-likeness (QED) is 0.539. The summed E-state index contributed by atoms with van der Waals surface area (Å²) in [4.78, 5) is 16.4. The molecule has 0 amide bonds. The van der Waals surface area contributed by atoms with Gasteiger partial charge in [0.25, 0.3) is 0 Å². The summed E-state index contributed by atoms with van der Waals surface area (Å²) in [6.07, 6.45) is 3.53. The summed E-state index contributed by atoms with van der Waals surface area (Å²) in [5.74, 6) is 0.757. The molecule has 1 aliphatic heterocycles. The monoisotopic (exact) mass is 367 g/mol. The van der Waals surface area contributed by atoms with E-state index in [1.165, 1.54) is 0 Å². The van der Waals surface area contributed by atoms with Gasteiger partial charge in [-0.1, -0.05) is 11.6 Å². The second-order valence-electron chi connectivity index (χ2n) is 5.88. The van der Waals surface area contributed by atoms with Crippen molar-refractivity contribution < 1.29 is 4.74 Å². The molecule has 1 aliphatic rings. The lowest BCUT2D eigenvalue weighted by Gasteiger charge is -2.10. The molecule has 7 heteroatoms. The first-order valence-electron chi connectivity index (χ1n) is 8.44. The van der Waals surface area contributed by atoms with Crippen LogP contribution in [-0.4, -0.2) is 46.2 Å². The van der Waals surface area contributed by atoms with E-state index in [0.717, 1.165) is 54.1 Å². The van der Waals surface area contributed by atoms with Crippen molar-refractivity contribution in [2.75, 3.05) is 26.3 Å². The zero-order valence-corrected chi connectivity index (χ0v) is 14.8. The smallest absolute Gasteiger partial charge is 0.178 e. The number of fused-ring (bicyclic) bond motifs is 2. The summed E-state index contributed by atoms with van der Waals surface area (Å²) in [5.41, 5.74) is 3.44. The van der Waals surface area contributed by atoms with Crippen molar-refractivity contribution >= 4 is 33.7 Å². The van der Waals surface area contributed by atoms with Gasteiger partial charge in [0.15, 0.2) is 5.65 Å². The number of imidazole rings is 1. The summed E-state index contributed by atoms with van der Waals surface area (Å²) in [7, 11) is 0. The van der Waals surface area contributed by atoms with Crippen molar-refractivity contribution in [2.45, 2.75) is 0 Å². The molecule has 0 bridgehead atoms. The van der Waals surface area contributed by atoms with E-state index in [4.69, 9.17) is 16.3 Å². The molecule has 26 heavy (non-hydrogen) atoms. The van der Waals surface area contributed by atoms with E-state index in [2.05, 4.69) is 25.3 Å². The molecule has 0 aliphatic carbocycles. The first-order chi connectivity index (χ1) is 12.8. The molecule has 1 aromatic carbocycles. The summed E-state index contributed by atoms with van der Waals surface area (Å²) in [6.45, 7) is 3.83. The van der Waals surface area contributed by atoms with Crippen molar-refractivity contribution in [3.05, 3.63) is 53.8 Å². The van der Waals surface area contributed by atoms with E-state index in [9.17, 15) is 0 Å². The third kappa shape index (κ3) is 3.83. The minimum Gasteiger partial charge on any atom is -0.379 e. The number of nitrogens with zero attached hydrogens (tertiary/aromatic N) is 3. The Bertz CT molecular complexity index is 984. The third-order valence-electron chi connectivity index (χ3n) is 4.02. The number of nitrogens with one attached hydrogen (secondary N) is 2. The molecular formula is C19H18ClN5O. The second-order valence-corrected chi connectivity index (χ2v) is 6.32. The molecule has 4 heterocycles. The number of aromatic amines is 1. The van der Waals surface area contributed by atoms with Crippen LogP contribution in [-0.2, 0) is 4.74 Å². The maximum atomic E-state index is 6.02. The minimum atomic E-state index is 0.697. The van der Waals surface area contributed by atoms with Crippen molar-refractivity contribution in [1.29, 1.82) is 0 Å². The Labute approximate surface area is 155 Å². The molecule has 132 valence electrons. The van der Waals surface area contributed by atoms with Crippen molar-refractivity contribution in [1.82, 2.24) is 25.3 Å². The van der Waals surface area contributed by atoms with Gasteiger partial charge in [-0.05, 0) is 36.4 Å². The van der Waals surface area contributed by atoms with Crippen molar-refractivity contribution in [3.63, 3.8) is 0 Å². The third-order valence-corrected chi connectivity index (χ3v) is 4.26. The predicted molar refractivity (Wildman–Crippen MR) is 103 cm³/mol. The van der Waals surface area contributed by atoms with Crippen LogP contribution in [0.15, 0.2) is 48.8 Å². The van der Waals surface area contributed by atoms with Crippen LogP contribution in [0.4, 0.5) is 0 Å². The molecule has 0 atom stereocenters. The highest BCUT2D eigenvalue weighted by molar-refractivity contribution is 6.31. The minimum absolute atomic E-state index is 0.697. The van der Waals surface area contributed by atoms with Crippen LogP contribution in [0.5, 0.6) is 0 Å². The van der Waals surface area contributed by atoms with Crippen LogP contribution in [0.2, 0.25) is 5.02 Å². The van der Waals surface area contributed by atoms with Crippen LogP contribution in [0, 0.1) is 0 Å². The molecule has 0 radical (unpaired) electrons. The largest absolute Gasteiger partial charge is 0.379 e. The standard InChI is InChI=1S/C15H9ClN4.C4H9NO/c16-11-3-4-12-9(7-11)6-10(8-18-12)14-19-13-2-1-5-17-15(13)20-14;1-3-6-4-2-5-1/h1-8H,(H,17,19,20);5H,1-4H2. The number of pyridine rings is 2. The first-order valence-corrected chi connectivity index (χ1v) is 8.82. The molecular weight excluding hydrogens is 350 g/mol. The zero-order chi connectivity index (χ0) is 17.8. The fourth-order valence-corrected chi connectivity index (χ4v) is 2.91. The van der Waals surface area contributed by atoms with Crippen LogP contribution in [0.1, 0.15) is 0 Å². The number of morpholine rings is 1. The number of hydrogen-bond acceptors (Lipinski definition) is 5. The molecule has 3 aromatic heterocycles. The Morgan fingerprint density at radius 3 is 2.65 bits per heavy atom. The number of aromatic nitrogens is 4. The fraction of sp³-hybridized carbons (Fsp3) is 0.211. The van der Waals surface area contributed by atoms with E-state index in [-0.39, 0.29) is 0 Å². The number of hydrogen-bond donors (Lipinski definition) is 2. The molecule has 1 saturated heterocycles. The van der Waals surface area contributed by atoms with Crippen LogP contribution < -0.4 is 5.32 Å². The molecule has 4 aromatic rings. The van der Waals surface area contributed by atoms with Crippen molar-refractivity contribution in [2.24, 2.45) is 0 Å². The van der Waals surface area contributed by atoms with Gasteiger partial charge >= 0.3 is 0 Å². The molecule has 2 N–H and O–H groups in total. The molecule has 6 nitrogen and oxygen atoms in total.